The van der Waals surface area contributed by atoms with Crippen molar-refractivity contribution in [1.29, 1.82) is 0 Å². The Hall–Kier alpha value is -1.81. The van der Waals surface area contributed by atoms with Gasteiger partial charge in [0, 0.05) is 31.4 Å². The highest BCUT2D eigenvalue weighted by atomic mass is 19.2. The van der Waals surface area contributed by atoms with Gasteiger partial charge in [-0.3, -0.25) is 4.98 Å². The molecule has 0 unspecified atom stereocenters. The molecule has 0 aliphatic carbocycles. The normalized spacial score (nSPS) is 10.6. The summed E-state index contributed by atoms with van der Waals surface area (Å²) in [6, 6.07) is 9.70. The van der Waals surface area contributed by atoms with Gasteiger partial charge in [0.1, 0.15) is 0 Å². The Morgan fingerprint density at radius 1 is 1.06 bits per heavy atom. The van der Waals surface area contributed by atoms with Gasteiger partial charge in [0.15, 0.2) is 11.6 Å². The van der Waals surface area contributed by atoms with Crippen molar-refractivity contribution in [3.8, 4) is 0 Å². The van der Waals surface area contributed by atoms with Gasteiger partial charge in [-0.15, -0.1) is 0 Å². The lowest BCUT2D eigenvalue weighted by Crippen LogP contribution is -2.17. The first-order valence-electron chi connectivity index (χ1n) is 5.80. The monoisotopic (exact) mass is 248 g/mol. The molecule has 2 nitrogen and oxygen atoms in total. The molecule has 4 heteroatoms. The van der Waals surface area contributed by atoms with Crippen molar-refractivity contribution in [3.63, 3.8) is 0 Å². The minimum Gasteiger partial charge on any atom is -0.312 e. The van der Waals surface area contributed by atoms with Crippen LogP contribution in [0.4, 0.5) is 8.78 Å². The van der Waals surface area contributed by atoms with Gasteiger partial charge in [-0.2, -0.15) is 0 Å². The SMILES string of the molecule is Fc1ccc(CNCCc2ccccn2)cc1F. The van der Waals surface area contributed by atoms with Gasteiger partial charge < -0.3 is 5.32 Å². The molecule has 0 amide bonds. The van der Waals surface area contributed by atoms with Crippen LogP contribution in [0.2, 0.25) is 0 Å². The van der Waals surface area contributed by atoms with Crippen LogP contribution in [-0.4, -0.2) is 11.5 Å². The quantitative estimate of drug-likeness (QED) is 0.823. The maximum absolute atomic E-state index is 12.9. The van der Waals surface area contributed by atoms with E-state index in [1.807, 2.05) is 18.2 Å². The second-order valence-corrected chi connectivity index (χ2v) is 4.00. The minimum absolute atomic E-state index is 0.518. The topological polar surface area (TPSA) is 24.9 Å². The molecule has 2 rings (SSSR count). The second kappa shape index (κ2) is 6.21. The maximum Gasteiger partial charge on any atom is 0.159 e. The molecule has 0 bridgehead atoms. The molecule has 0 atom stereocenters. The average Bonchev–Trinajstić information content (AvgIpc) is 2.40. The fourth-order valence-electron chi connectivity index (χ4n) is 1.64. The lowest BCUT2D eigenvalue weighted by atomic mass is 10.2. The van der Waals surface area contributed by atoms with E-state index in [9.17, 15) is 8.78 Å². The minimum atomic E-state index is -0.813. The second-order valence-electron chi connectivity index (χ2n) is 4.00. The third-order valence-electron chi connectivity index (χ3n) is 2.60. The third-order valence-corrected chi connectivity index (χ3v) is 2.60. The van der Waals surface area contributed by atoms with Crippen LogP contribution in [-0.2, 0) is 13.0 Å². The first kappa shape index (κ1) is 12.6. The predicted molar refractivity (Wildman–Crippen MR) is 66.0 cm³/mol. The van der Waals surface area contributed by atoms with Gasteiger partial charge in [0.25, 0.3) is 0 Å². The molecule has 94 valence electrons. The fourth-order valence-corrected chi connectivity index (χ4v) is 1.64. The number of benzene rings is 1. The molecule has 0 radical (unpaired) electrons. The third kappa shape index (κ3) is 3.60. The number of halogens is 2. The number of pyridine rings is 1. The van der Waals surface area contributed by atoms with E-state index in [-0.39, 0.29) is 0 Å². The van der Waals surface area contributed by atoms with E-state index in [1.165, 1.54) is 6.07 Å². The van der Waals surface area contributed by atoms with E-state index in [1.54, 1.807) is 12.3 Å². The lowest BCUT2D eigenvalue weighted by Gasteiger charge is -2.05. The van der Waals surface area contributed by atoms with Gasteiger partial charge >= 0.3 is 0 Å². The molecule has 0 aliphatic rings. The highest BCUT2D eigenvalue weighted by Crippen LogP contribution is 2.08. The van der Waals surface area contributed by atoms with Crippen LogP contribution in [0.5, 0.6) is 0 Å². The van der Waals surface area contributed by atoms with Gasteiger partial charge in [-0.1, -0.05) is 12.1 Å². The van der Waals surface area contributed by atoms with Crippen molar-refractivity contribution in [2.45, 2.75) is 13.0 Å². The summed E-state index contributed by atoms with van der Waals surface area (Å²) in [6.07, 6.45) is 2.56. The molecular formula is C14H14F2N2. The molecule has 1 aromatic heterocycles. The van der Waals surface area contributed by atoms with Crippen LogP contribution in [0, 0.1) is 11.6 Å². The lowest BCUT2D eigenvalue weighted by molar-refractivity contribution is 0.506. The molecule has 0 aliphatic heterocycles. The fraction of sp³-hybridized carbons (Fsp3) is 0.214. The summed E-state index contributed by atoms with van der Waals surface area (Å²) in [6.45, 7) is 1.26. The smallest absolute Gasteiger partial charge is 0.159 e. The zero-order valence-corrected chi connectivity index (χ0v) is 9.87. The van der Waals surface area contributed by atoms with Crippen molar-refractivity contribution in [2.75, 3.05) is 6.54 Å². The Balaban J connectivity index is 1.77. The average molecular weight is 248 g/mol. The van der Waals surface area contributed by atoms with Gasteiger partial charge in [-0.25, -0.2) is 8.78 Å². The molecule has 1 N–H and O–H groups in total. The number of rotatable bonds is 5. The molecule has 0 saturated heterocycles. The van der Waals surface area contributed by atoms with Crippen LogP contribution in [0.25, 0.3) is 0 Å². The summed E-state index contributed by atoms with van der Waals surface area (Å²) in [5.74, 6) is -1.62. The number of hydrogen-bond donors (Lipinski definition) is 1. The molecule has 0 fully saturated rings. The molecule has 18 heavy (non-hydrogen) atoms. The first-order chi connectivity index (χ1) is 8.75. The molecule has 1 aromatic carbocycles. The van der Waals surface area contributed by atoms with Crippen LogP contribution in [0.15, 0.2) is 42.6 Å². The molecule has 0 saturated carbocycles. The van der Waals surface area contributed by atoms with Crippen molar-refractivity contribution >= 4 is 0 Å². The highest BCUT2D eigenvalue weighted by molar-refractivity contribution is 5.17. The van der Waals surface area contributed by atoms with E-state index in [0.29, 0.717) is 6.54 Å². The maximum atomic E-state index is 12.9. The summed E-state index contributed by atoms with van der Waals surface area (Å²) in [5.41, 5.74) is 1.74. The number of aromatic nitrogens is 1. The van der Waals surface area contributed by atoms with Crippen molar-refractivity contribution in [2.24, 2.45) is 0 Å². The molecule has 0 spiro atoms. The molecule has 2 aromatic rings. The summed E-state index contributed by atoms with van der Waals surface area (Å²) in [4.78, 5) is 4.20. The zero-order valence-electron chi connectivity index (χ0n) is 9.87. The largest absolute Gasteiger partial charge is 0.312 e. The Morgan fingerprint density at radius 3 is 2.67 bits per heavy atom. The number of nitrogens with zero attached hydrogens (tertiary/aromatic N) is 1. The summed E-state index contributed by atoms with van der Waals surface area (Å²) < 4.78 is 25.6. The predicted octanol–water partition coefficient (Wildman–Crippen LogP) is 2.69. The Bertz CT molecular complexity index is 500. The molecule has 1 heterocycles. The summed E-state index contributed by atoms with van der Waals surface area (Å²) in [5, 5.41) is 3.17. The van der Waals surface area contributed by atoms with Crippen molar-refractivity contribution in [1.82, 2.24) is 10.3 Å². The van der Waals surface area contributed by atoms with E-state index in [0.717, 1.165) is 30.3 Å². The van der Waals surface area contributed by atoms with Crippen molar-refractivity contribution < 1.29 is 8.78 Å². The molecular weight excluding hydrogens is 234 g/mol. The van der Waals surface area contributed by atoms with Crippen LogP contribution in [0.1, 0.15) is 11.3 Å². The first-order valence-corrected chi connectivity index (χ1v) is 5.80. The summed E-state index contributed by atoms with van der Waals surface area (Å²) in [7, 11) is 0. The summed E-state index contributed by atoms with van der Waals surface area (Å²) >= 11 is 0. The van der Waals surface area contributed by atoms with Gasteiger partial charge in [0.05, 0.1) is 0 Å². The van der Waals surface area contributed by atoms with Crippen molar-refractivity contribution in [3.05, 3.63) is 65.5 Å². The highest BCUT2D eigenvalue weighted by Gasteiger charge is 2.02. The van der Waals surface area contributed by atoms with E-state index >= 15 is 0 Å². The standard InChI is InChI=1S/C14H14F2N2/c15-13-5-4-11(9-14(13)16)10-17-8-6-12-3-1-2-7-18-12/h1-5,7,9,17H,6,8,10H2. The van der Waals surface area contributed by atoms with Gasteiger partial charge in [-0.05, 0) is 29.8 Å². The van der Waals surface area contributed by atoms with Crippen LogP contribution >= 0.6 is 0 Å². The Morgan fingerprint density at radius 2 is 1.94 bits per heavy atom. The number of nitrogens with one attached hydrogen (secondary N) is 1. The van der Waals surface area contributed by atoms with E-state index in [4.69, 9.17) is 0 Å². The van der Waals surface area contributed by atoms with E-state index in [2.05, 4.69) is 10.3 Å². The Labute approximate surface area is 105 Å². The van der Waals surface area contributed by atoms with Gasteiger partial charge in [0.2, 0.25) is 0 Å². The van der Waals surface area contributed by atoms with Crippen LogP contribution < -0.4 is 5.32 Å². The van der Waals surface area contributed by atoms with Crippen LogP contribution in [0.3, 0.4) is 0 Å². The zero-order chi connectivity index (χ0) is 12.8. The Kier molecular flexibility index (Phi) is 4.36. The number of hydrogen-bond acceptors (Lipinski definition) is 2. The van der Waals surface area contributed by atoms with E-state index < -0.39 is 11.6 Å².